The molecule has 210 valence electrons. The topological polar surface area (TPSA) is 116 Å². The van der Waals surface area contributed by atoms with E-state index in [1.807, 2.05) is 36.4 Å². The van der Waals surface area contributed by atoms with Crippen molar-refractivity contribution in [1.29, 1.82) is 0 Å². The molecule has 2 saturated heterocycles. The van der Waals surface area contributed by atoms with Crippen LogP contribution >= 0.6 is 11.6 Å². The predicted molar refractivity (Wildman–Crippen MR) is 149 cm³/mol. The van der Waals surface area contributed by atoms with Gasteiger partial charge in [0.15, 0.2) is 0 Å². The van der Waals surface area contributed by atoms with Crippen LogP contribution in [0, 0.1) is 0 Å². The van der Waals surface area contributed by atoms with Crippen molar-refractivity contribution in [1.82, 2.24) is 15.1 Å². The number of rotatable bonds is 6. The highest BCUT2D eigenvalue weighted by Gasteiger charge is 2.45. The number of carbonyl (C=O) groups excluding carboxylic acids is 4. The van der Waals surface area contributed by atoms with Crippen molar-refractivity contribution in [3.8, 4) is 11.5 Å². The van der Waals surface area contributed by atoms with Crippen molar-refractivity contribution >= 4 is 35.2 Å². The number of nitrogens with zero attached hydrogens (tertiary/aromatic N) is 2. The Hall–Kier alpha value is -4.05. The SMILES string of the molecule is O=C1CCC(N2C(=O)c3ccc(C4(O)CCN(Cc5cccc(Oc6ccc(Cl)cc6)c5)CC4)cc3C2=O)C(=O)N1. The number of nitrogens with one attached hydrogen (secondary N) is 1. The van der Waals surface area contributed by atoms with E-state index in [1.54, 1.807) is 30.3 Å². The summed E-state index contributed by atoms with van der Waals surface area (Å²) in [6.45, 7) is 1.95. The second-order valence-corrected chi connectivity index (χ2v) is 11.2. The lowest BCUT2D eigenvalue weighted by atomic mass is 9.83. The van der Waals surface area contributed by atoms with E-state index in [9.17, 15) is 24.3 Å². The molecule has 3 aromatic carbocycles. The number of piperidine rings is 2. The van der Waals surface area contributed by atoms with E-state index in [0.29, 0.717) is 48.8 Å². The molecule has 2 N–H and O–H groups in total. The molecule has 9 nitrogen and oxygen atoms in total. The van der Waals surface area contributed by atoms with Gasteiger partial charge in [-0.1, -0.05) is 29.8 Å². The normalized spacial score (nSPS) is 20.6. The zero-order chi connectivity index (χ0) is 28.7. The first-order valence-electron chi connectivity index (χ1n) is 13.5. The predicted octanol–water partition coefficient (Wildman–Crippen LogP) is 4.02. The fourth-order valence-electron chi connectivity index (χ4n) is 5.73. The Morgan fingerprint density at radius 3 is 2.37 bits per heavy atom. The number of fused-ring (bicyclic) bond motifs is 1. The average Bonchev–Trinajstić information content (AvgIpc) is 3.21. The minimum Gasteiger partial charge on any atom is -0.457 e. The van der Waals surface area contributed by atoms with Gasteiger partial charge < -0.3 is 9.84 Å². The van der Waals surface area contributed by atoms with Gasteiger partial charge in [0.05, 0.1) is 16.7 Å². The van der Waals surface area contributed by atoms with Crippen molar-refractivity contribution in [2.45, 2.75) is 43.9 Å². The van der Waals surface area contributed by atoms with E-state index < -0.39 is 35.3 Å². The zero-order valence-electron chi connectivity index (χ0n) is 22.1. The lowest BCUT2D eigenvalue weighted by Crippen LogP contribution is -2.54. The molecular weight excluding hydrogens is 546 g/mol. The highest BCUT2D eigenvalue weighted by molar-refractivity contribution is 6.30. The van der Waals surface area contributed by atoms with Crippen molar-refractivity contribution in [3.05, 3.63) is 94.0 Å². The number of benzene rings is 3. The molecule has 3 aliphatic rings. The minimum absolute atomic E-state index is 0.0605. The molecule has 0 spiro atoms. The van der Waals surface area contributed by atoms with Gasteiger partial charge in [0.25, 0.3) is 11.8 Å². The molecule has 6 rings (SSSR count). The van der Waals surface area contributed by atoms with Crippen molar-refractivity contribution in [2.24, 2.45) is 0 Å². The van der Waals surface area contributed by atoms with Gasteiger partial charge in [0.1, 0.15) is 17.5 Å². The minimum atomic E-state index is -1.16. The smallest absolute Gasteiger partial charge is 0.262 e. The Bertz CT molecular complexity index is 1550. The Kier molecular flexibility index (Phi) is 7.11. The van der Waals surface area contributed by atoms with Gasteiger partial charge in [0, 0.05) is 31.1 Å². The summed E-state index contributed by atoms with van der Waals surface area (Å²) in [7, 11) is 0. The number of amides is 4. The Labute approximate surface area is 241 Å². The Morgan fingerprint density at radius 2 is 1.63 bits per heavy atom. The number of aliphatic hydroxyl groups is 1. The molecule has 0 aromatic heterocycles. The van der Waals surface area contributed by atoms with E-state index in [2.05, 4.69) is 10.2 Å². The van der Waals surface area contributed by atoms with Crippen LogP contribution in [0.15, 0.2) is 66.7 Å². The molecule has 3 aliphatic heterocycles. The van der Waals surface area contributed by atoms with Gasteiger partial charge in [-0.05, 0) is 78.9 Å². The van der Waals surface area contributed by atoms with Crippen molar-refractivity contribution in [3.63, 3.8) is 0 Å². The first-order valence-corrected chi connectivity index (χ1v) is 13.9. The number of carbonyl (C=O) groups is 4. The van der Waals surface area contributed by atoms with Crippen LogP contribution in [0.5, 0.6) is 11.5 Å². The van der Waals surface area contributed by atoms with Gasteiger partial charge >= 0.3 is 0 Å². The van der Waals surface area contributed by atoms with Crippen LogP contribution < -0.4 is 10.1 Å². The van der Waals surface area contributed by atoms with Gasteiger partial charge in [-0.2, -0.15) is 0 Å². The van der Waals surface area contributed by atoms with E-state index in [4.69, 9.17) is 16.3 Å². The summed E-state index contributed by atoms with van der Waals surface area (Å²) in [4.78, 5) is 53.3. The third-order valence-electron chi connectivity index (χ3n) is 8.01. The van der Waals surface area contributed by atoms with E-state index in [1.165, 1.54) is 0 Å². The largest absolute Gasteiger partial charge is 0.457 e. The standard InChI is InChI=1S/C31H28ClN3O6/c32-21-5-7-22(8-6-21)41-23-3-1-2-19(16-23)18-34-14-12-31(40,13-15-34)20-4-9-24-25(17-20)30(39)35(29(24)38)26-10-11-27(36)33-28(26)37/h1-9,16-17,26,40H,10-15,18H2,(H,33,36,37). The van der Waals surface area contributed by atoms with Crippen LogP contribution in [0.4, 0.5) is 0 Å². The van der Waals surface area contributed by atoms with Crippen LogP contribution in [0.2, 0.25) is 5.02 Å². The molecule has 0 bridgehead atoms. The number of halogens is 1. The molecule has 41 heavy (non-hydrogen) atoms. The van der Waals surface area contributed by atoms with Gasteiger partial charge in [-0.3, -0.25) is 34.3 Å². The summed E-state index contributed by atoms with van der Waals surface area (Å²) in [6, 6.07) is 18.8. The maximum absolute atomic E-state index is 13.2. The number of hydrogen-bond acceptors (Lipinski definition) is 7. The molecule has 10 heteroatoms. The summed E-state index contributed by atoms with van der Waals surface area (Å²) >= 11 is 5.96. The van der Waals surface area contributed by atoms with Gasteiger partial charge in [-0.25, -0.2) is 0 Å². The first-order chi connectivity index (χ1) is 19.7. The molecule has 3 aromatic rings. The fraction of sp³-hybridized carbons (Fsp3) is 0.290. The maximum Gasteiger partial charge on any atom is 0.262 e. The number of hydrogen-bond donors (Lipinski definition) is 2. The zero-order valence-corrected chi connectivity index (χ0v) is 22.9. The van der Waals surface area contributed by atoms with Crippen molar-refractivity contribution < 1.29 is 29.0 Å². The van der Waals surface area contributed by atoms with Crippen LogP contribution in [0.3, 0.4) is 0 Å². The maximum atomic E-state index is 13.2. The molecule has 0 radical (unpaired) electrons. The Balaban J connectivity index is 1.11. The average molecular weight is 574 g/mol. The summed E-state index contributed by atoms with van der Waals surface area (Å²) < 4.78 is 5.95. The quantitative estimate of drug-likeness (QED) is 0.428. The van der Waals surface area contributed by atoms with Gasteiger partial charge in [0.2, 0.25) is 11.8 Å². The number of likely N-dealkylation sites (tertiary alicyclic amines) is 1. The number of imide groups is 2. The lowest BCUT2D eigenvalue weighted by Gasteiger charge is -2.38. The first kappa shape index (κ1) is 27.1. The monoisotopic (exact) mass is 573 g/mol. The molecule has 2 fully saturated rings. The van der Waals surface area contributed by atoms with E-state index in [-0.39, 0.29) is 24.0 Å². The summed E-state index contributed by atoms with van der Waals surface area (Å²) in [5.74, 6) is -0.786. The lowest BCUT2D eigenvalue weighted by molar-refractivity contribution is -0.136. The molecular formula is C31H28ClN3O6. The summed E-state index contributed by atoms with van der Waals surface area (Å²) in [6.07, 6.45) is 1.06. The van der Waals surface area contributed by atoms with Crippen molar-refractivity contribution in [2.75, 3.05) is 13.1 Å². The third-order valence-corrected chi connectivity index (χ3v) is 8.27. The second-order valence-electron chi connectivity index (χ2n) is 10.7. The van der Waals surface area contributed by atoms with Crippen LogP contribution in [-0.2, 0) is 21.7 Å². The fourth-order valence-corrected chi connectivity index (χ4v) is 5.86. The van der Waals surface area contributed by atoms with Crippen LogP contribution in [-0.4, -0.2) is 57.7 Å². The summed E-state index contributed by atoms with van der Waals surface area (Å²) in [5, 5.41) is 14.4. The third kappa shape index (κ3) is 5.36. The Morgan fingerprint density at radius 1 is 0.902 bits per heavy atom. The summed E-state index contributed by atoms with van der Waals surface area (Å²) in [5.41, 5.74) is 0.865. The molecule has 1 atom stereocenters. The van der Waals surface area contributed by atoms with Crippen LogP contribution in [0.25, 0.3) is 0 Å². The van der Waals surface area contributed by atoms with E-state index >= 15 is 0 Å². The van der Waals surface area contributed by atoms with E-state index in [0.717, 1.165) is 16.2 Å². The molecule has 4 amide bonds. The molecule has 0 saturated carbocycles. The molecule has 0 aliphatic carbocycles. The molecule has 3 heterocycles. The highest BCUT2D eigenvalue weighted by Crippen LogP contribution is 2.37. The number of ether oxygens (including phenoxy) is 1. The second kappa shape index (κ2) is 10.7. The highest BCUT2D eigenvalue weighted by atomic mass is 35.5. The molecule has 1 unspecified atom stereocenters. The van der Waals surface area contributed by atoms with Crippen LogP contribution in [0.1, 0.15) is 57.5 Å². The van der Waals surface area contributed by atoms with Gasteiger partial charge in [-0.15, -0.1) is 0 Å².